The van der Waals surface area contributed by atoms with E-state index in [0.717, 1.165) is 44.3 Å². The predicted molar refractivity (Wildman–Crippen MR) is 124 cm³/mol. The minimum absolute atomic E-state index is 0.200. The van der Waals surface area contributed by atoms with Crippen molar-refractivity contribution in [3.63, 3.8) is 0 Å². The van der Waals surface area contributed by atoms with Crippen LogP contribution < -0.4 is 4.57 Å². The number of hydrogen-bond donors (Lipinski definition) is 0. The van der Waals surface area contributed by atoms with E-state index in [1.807, 2.05) is 62.6 Å². The molecule has 3 aromatic carbocycles. The number of rotatable bonds is 3. The van der Waals surface area contributed by atoms with Crippen molar-refractivity contribution in [3.8, 4) is 33.5 Å². The number of benzene rings is 3. The van der Waals surface area contributed by atoms with Gasteiger partial charge in [0.2, 0.25) is 5.69 Å². The van der Waals surface area contributed by atoms with E-state index in [1.54, 1.807) is 12.3 Å². The molecule has 0 spiro atoms. The van der Waals surface area contributed by atoms with Crippen molar-refractivity contribution >= 4 is 10.8 Å². The molecular formula is C28H22FN2+. The molecule has 5 aromatic rings. The maximum Gasteiger partial charge on any atom is 0.220 e. The average Bonchev–Trinajstić information content (AvgIpc) is 2.81. The summed E-state index contributed by atoms with van der Waals surface area (Å²) in [4.78, 5) is 4.24. The first-order valence-corrected chi connectivity index (χ1v) is 10.3. The lowest BCUT2D eigenvalue weighted by Crippen LogP contribution is -2.30. The Bertz CT molecular complexity index is 1390. The van der Waals surface area contributed by atoms with Crippen molar-refractivity contribution in [1.29, 1.82) is 0 Å². The van der Waals surface area contributed by atoms with Crippen molar-refractivity contribution in [1.82, 2.24) is 4.98 Å². The Balaban J connectivity index is 1.72. The second-order valence-electron chi connectivity index (χ2n) is 7.83. The SMILES string of the molecule is Cc1cc(F)c(-c2ccccc2)cc1-c1c2ccc(-c3cccnc3)cc2cc[n+]1C. The average molecular weight is 405 g/mol. The van der Waals surface area contributed by atoms with Crippen LogP contribution in [0.5, 0.6) is 0 Å². The zero-order valence-corrected chi connectivity index (χ0v) is 17.5. The van der Waals surface area contributed by atoms with E-state index in [4.69, 9.17) is 0 Å². The Morgan fingerprint density at radius 1 is 0.774 bits per heavy atom. The van der Waals surface area contributed by atoms with Gasteiger partial charge in [0.1, 0.15) is 12.9 Å². The van der Waals surface area contributed by atoms with Crippen LogP contribution in [0.2, 0.25) is 0 Å². The number of aromatic nitrogens is 2. The molecule has 0 saturated heterocycles. The monoisotopic (exact) mass is 405 g/mol. The smallest absolute Gasteiger partial charge is 0.220 e. The van der Waals surface area contributed by atoms with Crippen LogP contribution in [-0.4, -0.2) is 4.98 Å². The quantitative estimate of drug-likeness (QED) is 0.313. The molecule has 0 unspecified atom stereocenters. The van der Waals surface area contributed by atoms with Crippen molar-refractivity contribution in [3.05, 3.63) is 109 Å². The highest BCUT2D eigenvalue weighted by Crippen LogP contribution is 2.34. The standard InChI is InChI=1S/C28H22FN2/c1-19-15-27(29)26(20-7-4-3-5-8-20)17-25(19)28-24-11-10-21(23-9-6-13-30-18-23)16-22(24)12-14-31(28)2/h3-18H,1-2H3/q+1. The van der Waals surface area contributed by atoms with E-state index in [2.05, 4.69) is 46.1 Å². The third kappa shape index (κ3) is 3.49. The van der Waals surface area contributed by atoms with Gasteiger partial charge in [-0.2, -0.15) is 0 Å². The van der Waals surface area contributed by atoms with E-state index < -0.39 is 0 Å². The molecule has 2 nitrogen and oxygen atoms in total. The fourth-order valence-electron chi connectivity index (χ4n) is 4.19. The van der Waals surface area contributed by atoms with Gasteiger partial charge in [0, 0.05) is 29.6 Å². The molecule has 0 fully saturated rings. The van der Waals surface area contributed by atoms with Gasteiger partial charge >= 0.3 is 0 Å². The van der Waals surface area contributed by atoms with E-state index in [-0.39, 0.29) is 5.82 Å². The minimum atomic E-state index is -0.200. The number of nitrogens with zero attached hydrogens (tertiary/aromatic N) is 2. The van der Waals surface area contributed by atoms with Gasteiger partial charge < -0.3 is 0 Å². The summed E-state index contributed by atoms with van der Waals surface area (Å²) in [6.45, 7) is 1.97. The summed E-state index contributed by atoms with van der Waals surface area (Å²) in [5.41, 5.74) is 6.72. The maximum absolute atomic E-state index is 14.9. The van der Waals surface area contributed by atoms with E-state index in [0.29, 0.717) is 5.56 Å². The van der Waals surface area contributed by atoms with Crippen molar-refractivity contribution in [2.45, 2.75) is 6.92 Å². The molecule has 0 aliphatic rings. The number of halogens is 1. The molecule has 3 heteroatoms. The third-order valence-electron chi connectivity index (χ3n) is 5.79. The molecule has 0 N–H and O–H groups in total. The maximum atomic E-state index is 14.9. The normalized spacial score (nSPS) is 11.1. The summed E-state index contributed by atoms with van der Waals surface area (Å²) in [7, 11) is 2.04. The zero-order chi connectivity index (χ0) is 21.4. The second kappa shape index (κ2) is 7.77. The number of aryl methyl sites for hydroxylation is 2. The first-order chi connectivity index (χ1) is 15.1. The molecule has 5 rings (SSSR count). The summed E-state index contributed by atoms with van der Waals surface area (Å²) >= 11 is 0. The molecule has 0 aliphatic heterocycles. The summed E-state index contributed by atoms with van der Waals surface area (Å²) in [6.07, 6.45) is 5.72. The molecule has 0 aliphatic carbocycles. The molecular weight excluding hydrogens is 383 g/mol. The number of pyridine rings is 2. The lowest BCUT2D eigenvalue weighted by molar-refractivity contribution is -0.659. The van der Waals surface area contributed by atoms with Crippen LogP contribution in [0.15, 0.2) is 97.5 Å². The van der Waals surface area contributed by atoms with Gasteiger partial charge in [-0.1, -0.05) is 42.5 Å². The molecule has 2 aromatic heterocycles. The molecule has 31 heavy (non-hydrogen) atoms. The summed E-state index contributed by atoms with van der Waals surface area (Å²) in [5.74, 6) is -0.200. The van der Waals surface area contributed by atoms with Crippen LogP contribution in [0.4, 0.5) is 4.39 Å². The molecule has 0 amide bonds. The summed E-state index contributed by atoms with van der Waals surface area (Å²) in [6, 6.07) is 25.9. The third-order valence-corrected chi connectivity index (χ3v) is 5.79. The summed E-state index contributed by atoms with van der Waals surface area (Å²) < 4.78 is 17.0. The van der Waals surface area contributed by atoms with E-state index in [1.165, 1.54) is 0 Å². The van der Waals surface area contributed by atoms with E-state index in [9.17, 15) is 4.39 Å². The first kappa shape index (κ1) is 19.1. The van der Waals surface area contributed by atoms with E-state index >= 15 is 0 Å². The molecule has 0 saturated carbocycles. The highest BCUT2D eigenvalue weighted by Gasteiger charge is 2.20. The topological polar surface area (TPSA) is 16.8 Å². The van der Waals surface area contributed by atoms with Gasteiger partial charge in [-0.25, -0.2) is 8.96 Å². The van der Waals surface area contributed by atoms with Crippen LogP contribution >= 0.6 is 0 Å². The largest absolute Gasteiger partial charge is 0.264 e. The van der Waals surface area contributed by atoms with Gasteiger partial charge in [0.15, 0.2) is 6.20 Å². The Kier molecular flexibility index (Phi) is 4.79. The van der Waals surface area contributed by atoms with Crippen LogP contribution in [0.25, 0.3) is 44.3 Å². The van der Waals surface area contributed by atoms with Crippen LogP contribution in [-0.2, 0) is 7.05 Å². The Morgan fingerprint density at radius 3 is 2.35 bits per heavy atom. The zero-order valence-electron chi connectivity index (χ0n) is 17.5. The fourth-order valence-corrected chi connectivity index (χ4v) is 4.19. The summed E-state index contributed by atoms with van der Waals surface area (Å²) in [5, 5.41) is 2.27. The molecule has 0 bridgehead atoms. The first-order valence-electron chi connectivity index (χ1n) is 10.3. The second-order valence-corrected chi connectivity index (χ2v) is 7.83. The van der Waals surface area contributed by atoms with Crippen molar-refractivity contribution in [2.24, 2.45) is 7.05 Å². The molecule has 0 radical (unpaired) electrons. The van der Waals surface area contributed by atoms with Gasteiger partial charge in [-0.05, 0) is 59.3 Å². The molecule has 150 valence electrons. The van der Waals surface area contributed by atoms with Crippen LogP contribution in [0.1, 0.15) is 5.56 Å². The Labute approximate surface area is 181 Å². The lowest BCUT2D eigenvalue weighted by atomic mass is 9.93. The Hall–Kier alpha value is -3.85. The number of hydrogen-bond acceptors (Lipinski definition) is 1. The van der Waals surface area contributed by atoms with Crippen LogP contribution in [0, 0.1) is 12.7 Å². The van der Waals surface area contributed by atoms with Crippen molar-refractivity contribution < 1.29 is 8.96 Å². The van der Waals surface area contributed by atoms with Crippen molar-refractivity contribution in [2.75, 3.05) is 0 Å². The predicted octanol–water partition coefficient (Wildman–Crippen LogP) is 6.51. The lowest BCUT2D eigenvalue weighted by Gasteiger charge is -2.12. The van der Waals surface area contributed by atoms with Gasteiger partial charge in [-0.15, -0.1) is 0 Å². The fraction of sp³-hybridized carbons (Fsp3) is 0.0714. The highest BCUT2D eigenvalue weighted by atomic mass is 19.1. The van der Waals surface area contributed by atoms with Gasteiger partial charge in [-0.3, -0.25) is 4.98 Å². The molecule has 0 atom stereocenters. The minimum Gasteiger partial charge on any atom is -0.264 e. The highest BCUT2D eigenvalue weighted by molar-refractivity contribution is 5.96. The Morgan fingerprint density at radius 2 is 1.58 bits per heavy atom. The van der Waals surface area contributed by atoms with Crippen LogP contribution in [0.3, 0.4) is 0 Å². The van der Waals surface area contributed by atoms with Gasteiger partial charge in [0.25, 0.3) is 0 Å². The van der Waals surface area contributed by atoms with Gasteiger partial charge in [0.05, 0.1) is 10.9 Å². The molecule has 2 heterocycles. The number of fused-ring (bicyclic) bond motifs is 1.